The Morgan fingerprint density at radius 3 is 2.44 bits per heavy atom. The molecule has 41 heavy (non-hydrogen) atoms. The Kier molecular flexibility index (Phi) is 6.36. The van der Waals surface area contributed by atoms with Crippen molar-refractivity contribution in [2.75, 3.05) is 29.5 Å². The van der Waals surface area contributed by atoms with Crippen molar-refractivity contribution in [3.8, 4) is 23.0 Å². The largest absolute Gasteiger partial charge is 0.369 e. The van der Waals surface area contributed by atoms with E-state index in [9.17, 15) is 18.5 Å². The van der Waals surface area contributed by atoms with E-state index in [4.69, 9.17) is 16.7 Å². The van der Waals surface area contributed by atoms with E-state index in [1.54, 1.807) is 16.9 Å². The first kappa shape index (κ1) is 26.5. The lowest BCUT2D eigenvalue weighted by Gasteiger charge is -2.31. The number of nitrogens with zero attached hydrogens (tertiary/aromatic N) is 5. The highest BCUT2D eigenvalue weighted by molar-refractivity contribution is 7.91. The molecular weight excluding hydrogens is 560 g/mol. The molecule has 1 amide bonds. The van der Waals surface area contributed by atoms with Crippen LogP contribution in [0.2, 0.25) is 5.02 Å². The van der Waals surface area contributed by atoms with Crippen molar-refractivity contribution in [2.24, 2.45) is 17.8 Å². The number of aromatic nitrogens is 3. The SMILES string of the molecule is N#CC1(NC(=O)[C@@H]2C[C@H]3C[C@H]3C[C@H]2c2nn(-c3ccc(Cl)cn3)cc2-c2ccc(N3CCS(=O)(=O)CC3)cc2)CC1. The minimum Gasteiger partial charge on any atom is -0.369 e. The number of nitrogens with one attached hydrogen (secondary N) is 1. The zero-order chi connectivity index (χ0) is 28.4. The number of carbonyl (C=O) groups excluding carboxylic acids is 1. The number of amides is 1. The van der Waals surface area contributed by atoms with Gasteiger partial charge in [-0.2, -0.15) is 10.4 Å². The van der Waals surface area contributed by atoms with Crippen molar-refractivity contribution in [1.82, 2.24) is 20.1 Å². The van der Waals surface area contributed by atoms with Crippen LogP contribution in [-0.4, -0.2) is 59.2 Å². The third-order valence-electron chi connectivity index (χ3n) is 9.26. The number of halogens is 1. The van der Waals surface area contributed by atoms with E-state index in [0.29, 0.717) is 48.6 Å². The lowest BCUT2D eigenvalue weighted by Crippen LogP contribution is -2.43. The molecule has 9 nitrogen and oxygen atoms in total. The molecule has 1 N–H and O–H groups in total. The van der Waals surface area contributed by atoms with Gasteiger partial charge in [0, 0.05) is 48.6 Å². The molecule has 3 saturated carbocycles. The third-order valence-corrected chi connectivity index (χ3v) is 11.1. The van der Waals surface area contributed by atoms with Crippen LogP contribution in [0, 0.1) is 29.1 Å². The van der Waals surface area contributed by atoms with E-state index < -0.39 is 15.4 Å². The van der Waals surface area contributed by atoms with Crippen molar-refractivity contribution in [3.05, 3.63) is 59.5 Å². The van der Waals surface area contributed by atoms with Crippen LogP contribution in [0.3, 0.4) is 0 Å². The van der Waals surface area contributed by atoms with Gasteiger partial charge in [-0.05, 0) is 73.8 Å². The van der Waals surface area contributed by atoms with Crippen molar-refractivity contribution < 1.29 is 13.2 Å². The second-order valence-corrected chi connectivity index (χ2v) is 14.8. The molecule has 4 atom stereocenters. The summed E-state index contributed by atoms with van der Waals surface area (Å²) < 4.78 is 25.6. The average molecular weight is 591 g/mol. The van der Waals surface area contributed by atoms with Crippen LogP contribution in [-0.2, 0) is 14.6 Å². The first-order valence-corrected chi connectivity index (χ1v) is 16.4. The quantitative estimate of drug-likeness (QED) is 0.458. The minimum absolute atomic E-state index is 0.0417. The predicted molar refractivity (Wildman–Crippen MR) is 155 cm³/mol. The van der Waals surface area contributed by atoms with Crippen LogP contribution in [0.1, 0.15) is 43.7 Å². The number of hydrogen-bond acceptors (Lipinski definition) is 7. The van der Waals surface area contributed by atoms with Crippen LogP contribution < -0.4 is 10.2 Å². The number of rotatable bonds is 6. The second kappa shape index (κ2) is 9.85. The van der Waals surface area contributed by atoms with Gasteiger partial charge in [-0.1, -0.05) is 23.7 Å². The van der Waals surface area contributed by atoms with Gasteiger partial charge in [0.25, 0.3) is 0 Å². The van der Waals surface area contributed by atoms with Gasteiger partial charge < -0.3 is 10.2 Å². The van der Waals surface area contributed by atoms with Crippen LogP contribution in [0.15, 0.2) is 48.8 Å². The summed E-state index contributed by atoms with van der Waals surface area (Å²) in [6, 6.07) is 14.0. The van der Waals surface area contributed by atoms with Gasteiger partial charge in [0.05, 0.1) is 28.3 Å². The van der Waals surface area contributed by atoms with Gasteiger partial charge in [0.1, 0.15) is 5.54 Å². The Labute approximate surface area is 244 Å². The number of benzene rings is 1. The summed E-state index contributed by atoms with van der Waals surface area (Å²) in [5.41, 5.74) is 3.06. The Hall–Kier alpha value is -3.42. The van der Waals surface area contributed by atoms with Gasteiger partial charge in [0.15, 0.2) is 15.7 Å². The highest BCUT2D eigenvalue weighted by Gasteiger charge is 2.52. The lowest BCUT2D eigenvalue weighted by molar-refractivity contribution is -0.127. The fraction of sp³-hybridized carbons (Fsp3) is 0.467. The first-order valence-electron chi connectivity index (χ1n) is 14.2. The molecule has 0 radical (unpaired) electrons. The maximum Gasteiger partial charge on any atom is 0.225 e. The molecule has 1 saturated heterocycles. The molecule has 1 aromatic carbocycles. The Morgan fingerprint density at radius 1 is 1.05 bits per heavy atom. The summed E-state index contributed by atoms with van der Waals surface area (Å²) in [5.74, 6) is 1.76. The molecule has 4 fully saturated rings. The summed E-state index contributed by atoms with van der Waals surface area (Å²) in [4.78, 5) is 20.2. The van der Waals surface area contributed by atoms with Crippen molar-refractivity contribution in [1.29, 1.82) is 5.26 Å². The number of anilines is 1. The van der Waals surface area contributed by atoms with Gasteiger partial charge in [0.2, 0.25) is 5.91 Å². The molecule has 3 aliphatic carbocycles. The average Bonchev–Trinajstić information content (AvgIpc) is 3.88. The predicted octanol–water partition coefficient (Wildman–Crippen LogP) is 4.12. The van der Waals surface area contributed by atoms with E-state index in [1.807, 2.05) is 36.5 Å². The lowest BCUT2D eigenvalue weighted by atomic mass is 9.75. The van der Waals surface area contributed by atoms with E-state index >= 15 is 0 Å². The molecule has 7 rings (SSSR count). The van der Waals surface area contributed by atoms with E-state index in [0.717, 1.165) is 41.8 Å². The second-order valence-electron chi connectivity index (χ2n) is 12.0. The molecule has 4 aliphatic rings. The maximum atomic E-state index is 13.6. The molecule has 1 aliphatic heterocycles. The molecule has 0 unspecified atom stereocenters. The van der Waals surface area contributed by atoms with Gasteiger partial charge >= 0.3 is 0 Å². The highest BCUT2D eigenvalue weighted by atomic mass is 35.5. The topological polar surface area (TPSA) is 121 Å². The zero-order valence-electron chi connectivity index (χ0n) is 22.5. The Balaban J connectivity index is 1.24. The Bertz CT molecular complexity index is 1630. The highest BCUT2D eigenvalue weighted by Crippen LogP contribution is 2.57. The number of carbonyl (C=O) groups is 1. The van der Waals surface area contributed by atoms with E-state index in [2.05, 4.69) is 21.3 Å². The van der Waals surface area contributed by atoms with Crippen molar-refractivity contribution in [2.45, 2.75) is 43.6 Å². The van der Waals surface area contributed by atoms with Crippen LogP contribution in [0.5, 0.6) is 0 Å². The summed E-state index contributed by atoms with van der Waals surface area (Å²) in [6.07, 6.45) is 7.81. The number of pyridine rings is 1. The molecule has 3 heterocycles. The van der Waals surface area contributed by atoms with Crippen LogP contribution in [0.25, 0.3) is 16.9 Å². The molecular formula is C30H31ClN6O3S. The fourth-order valence-electron chi connectivity index (χ4n) is 6.51. The maximum absolute atomic E-state index is 13.6. The number of hydrogen-bond donors (Lipinski definition) is 1. The number of nitriles is 1. The molecule has 11 heteroatoms. The Morgan fingerprint density at radius 2 is 1.78 bits per heavy atom. The van der Waals surface area contributed by atoms with E-state index in [1.165, 1.54) is 0 Å². The van der Waals surface area contributed by atoms with Gasteiger partial charge in [-0.25, -0.2) is 18.1 Å². The standard InChI is InChI=1S/C30H31ClN6O3S/c31-22-3-6-27(33-16-22)37-17-26(19-1-4-23(5-2-19)36-9-11-41(39,40)12-10-36)28(35-37)24-14-20-13-21(20)15-25(24)29(38)34-30(18-32)7-8-30/h1-6,16-17,20-21,24-25H,7-15H2,(H,34,38)/t20-,21+,24+,25+/m0/s1. The number of sulfone groups is 1. The summed E-state index contributed by atoms with van der Waals surface area (Å²) in [5, 5.41) is 18.3. The van der Waals surface area contributed by atoms with E-state index in [-0.39, 0.29) is 29.2 Å². The molecule has 0 bridgehead atoms. The van der Waals surface area contributed by atoms with Crippen molar-refractivity contribution in [3.63, 3.8) is 0 Å². The summed E-state index contributed by atoms with van der Waals surface area (Å²) >= 11 is 6.10. The normalized spacial score (nSPS) is 27.4. The van der Waals surface area contributed by atoms with Gasteiger partial charge in [-0.15, -0.1) is 0 Å². The first-order chi connectivity index (χ1) is 19.7. The third kappa shape index (κ3) is 5.22. The fourth-order valence-corrected chi connectivity index (χ4v) is 7.82. The monoisotopic (exact) mass is 590 g/mol. The smallest absolute Gasteiger partial charge is 0.225 e. The summed E-state index contributed by atoms with van der Waals surface area (Å²) in [6.45, 7) is 0.970. The van der Waals surface area contributed by atoms with Crippen LogP contribution >= 0.6 is 11.6 Å². The minimum atomic E-state index is -2.96. The molecule has 0 spiro atoms. The van der Waals surface area contributed by atoms with Crippen molar-refractivity contribution >= 4 is 33.0 Å². The molecule has 3 aromatic rings. The number of fused-ring (bicyclic) bond motifs is 1. The van der Waals surface area contributed by atoms with Crippen LogP contribution in [0.4, 0.5) is 5.69 Å². The summed E-state index contributed by atoms with van der Waals surface area (Å²) in [7, 11) is -2.96. The van der Waals surface area contributed by atoms with Gasteiger partial charge in [-0.3, -0.25) is 4.79 Å². The molecule has 2 aromatic heterocycles. The zero-order valence-corrected chi connectivity index (χ0v) is 24.1. The molecule has 212 valence electrons.